The highest BCUT2D eigenvalue weighted by molar-refractivity contribution is 4.90. The predicted octanol–water partition coefficient (Wildman–Crippen LogP) is 0.143. The Kier molecular flexibility index (Phi) is 3.60. The number of aliphatic hydroxyl groups excluding tert-OH is 2. The molecule has 0 aliphatic heterocycles. The fourth-order valence-electron chi connectivity index (χ4n) is 1.21. The summed E-state index contributed by atoms with van der Waals surface area (Å²) in [6, 6.07) is 0.216. The lowest BCUT2D eigenvalue weighted by atomic mass is 10.1. The summed E-state index contributed by atoms with van der Waals surface area (Å²) in [5, 5.41) is 22.7. The smallest absolute Gasteiger partial charge is 0.138 e. The van der Waals surface area contributed by atoms with Gasteiger partial charge in [0.1, 0.15) is 12.2 Å². The third-order valence-corrected chi connectivity index (χ3v) is 2.08. The monoisotopic (exact) mass is 199 g/mol. The quantitative estimate of drug-likeness (QED) is 0.723. The van der Waals surface area contributed by atoms with Crippen LogP contribution in [-0.4, -0.2) is 37.2 Å². The molecule has 1 rings (SSSR count). The Balaban J connectivity index is 2.71. The Bertz CT molecular complexity index is 283. The van der Waals surface area contributed by atoms with Crippen molar-refractivity contribution >= 4 is 0 Å². The Morgan fingerprint density at radius 2 is 2.00 bits per heavy atom. The van der Waals surface area contributed by atoms with Gasteiger partial charge in [-0.2, -0.15) is 5.10 Å². The lowest BCUT2D eigenvalue weighted by Gasteiger charge is -2.14. The van der Waals surface area contributed by atoms with Gasteiger partial charge in [0, 0.05) is 12.5 Å². The Hall–Kier alpha value is -0.940. The van der Waals surface area contributed by atoms with Gasteiger partial charge >= 0.3 is 0 Å². The zero-order chi connectivity index (χ0) is 10.7. The van der Waals surface area contributed by atoms with Crippen molar-refractivity contribution in [1.82, 2.24) is 14.8 Å². The van der Waals surface area contributed by atoms with Crippen LogP contribution in [0, 0.1) is 0 Å². The van der Waals surface area contributed by atoms with Gasteiger partial charge < -0.3 is 10.2 Å². The van der Waals surface area contributed by atoms with Crippen molar-refractivity contribution in [3.05, 3.63) is 12.2 Å². The second-order valence-corrected chi connectivity index (χ2v) is 3.73. The second-order valence-electron chi connectivity index (χ2n) is 3.73. The number of hydrogen-bond acceptors (Lipinski definition) is 4. The minimum absolute atomic E-state index is 0.216. The maximum atomic E-state index is 9.47. The molecule has 0 aliphatic rings. The summed E-state index contributed by atoms with van der Waals surface area (Å²) in [6.07, 6.45) is 0.268. The van der Waals surface area contributed by atoms with Gasteiger partial charge in [-0.05, 0) is 20.8 Å². The molecule has 0 saturated heterocycles. The first kappa shape index (κ1) is 11.1. The topological polar surface area (TPSA) is 71.2 Å². The van der Waals surface area contributed by atoms with Crippen molar-refractivity contribution in [3.63, 3.8) is 0 Å². The van der Waals surface area contributed by atoms with Crippen molar-refractivity contribution in [2.45, 2.75) is 45.4 Å². The number of hydrogen-bond donors (Lipinski definition) is 2. The number of aromatic nitrogens is 3. The van der Waals surface area contributed by atoms with E-state index >= 15 is 0 Å². The zero-order valence-corrected chi connectivity index (χ0v) is 8.75. The zero-order valence-electron chi connectivity index (χ0n) is 8.75. The average Bonchev–Trinajstić information content (AvgIpc) is 2.52. The van der Waals surface area contributed by atoms with Gasteiger partial charge in [0.25, 0.3) is 0 Å². The van der Waals surface area contributed by atoms with E-state index in [1.807, 2.05) is 13.8 Å². The normalized spacial score (nSPS) is 15.9. The highest BCUT2D eigenvalue weighted by atomic mass is 16.3. The standard InChI is InChI=1S/C9H17N3O2/c1-6(2)12-9(10-5-11-12)4-8(14)7(3)13/h5-8,13-14H,4H2,1-3H3. The molecule has 0 aromatic carbocycles. The van der Waals surface area contributed by atoms with Crippen molar-refractivity contribution < 1.29 is 10.2 Å². The van der Waals surface area contributed by atoms with E-state index in [9.17, 15) is 5.11 Å². The fraction of sp³-hybridized carbons (Fsp3) is 0.778. The molecule has 0 saturated carbocycles. The summed E-state index contributed by atoms with van der Waals surface area (Å²) in [5.41, 5.74) is 0. The van der Waals surface area contributed by atoms with E-state index in [0.29, 0.717) is 12.2 Å². The van der Waals surface area contributed by atoms with Gasteiger partial charge in [0.05, 0.1) is 12.2 Å². The van der Waals surface area contributed by atoms with Crippen LogP contribution in [0.2, 0.25) is 0 Å². The lowest BCUT2D eigenvalue weighted by Crippen LogP contribution is -2.26. The van der Waals surface area contributed by atoms with Crippen LogP contribution in [-0.2, 0) is 6.42 Å². The molecule has 2 unspecified atom stereocenters. The van der Waals surface area contributed by atoms with Crippen LogP contribution in [0.15, 0.2) is 6.33 Å². The third kappa shape index (κ3) is 2.52. The molecule has 5 nitrogen and oxygen atoms in total. The number of rotatable bonds is 4. The maximum absolute atomic E-state index is 9.47. The van der Waals surface area contributed by atoms with E-state index in [4.69, 9.17) is 5.11 Å². The summed E-state index contributed by atoms with van der Waals surface area (Å²) < 4.78 is 1.74. The van der Waals surface area contributed by atoms with Gasteiger partial charge in [-0.25, -0.2) is 9.67 Å². The maximum Gasteiger partial charge on any atom is 0.138 e. The van der Waals surface area contributed by atoms with Crippen molar-refractivity contribution in [2.24, 2.45) is 0 Å². The number of aliphatic hydroxyl groups is 2. The Labute approximate surface area is 83.4 Å². The van der Waals surface area contributed by atoms with Gasteiger partial charge in [0.2, 0.25) is 0 Å². The van der Waals surface area contributed by atoms with E-state index in [2.05, 4.69) is 10.1 Å². The molecule has 1 heterocycles. The summed E-state index contributed by atoms with van der Waals surface area (Å²) >= 11 is 0. The van der Waals surface area contributed by atoms with Crippen molar-refractivity contribution in [3.8, 4) is 0 Å². The number of nitrogens with zero attached hydrogens (tertiary/aromatic N) is 3. The average molecular weight is 199 g/mol. The molecule has 0 radical (unpaired) electrons. The van der Waals surface area contributed by atoms with E-state index in [-0.39, 0.29) is 6.04 Å². The minimum atomic E-state index is -0.781. The molecule has 80 valence electrons. The van der Waals surface area contributed by atoms with Crippen LogP contribution in [0.1, 0.15) is 32.6 Å². The molecule has 2 atom stereocenters. The first-order valence-corrected chi connectivity index (χ1v) is 4.77. The van der Waals surface area contributed by atoms with Crippen LogP contribution in [0.3, 0.4) is 0 Å². The third-order valence-electron chi connectivity index (χ3n) is 2.08. The Morgan fingerprint density at radius 3 is 2.50 bits per heavy atom. The molecular weight excluding hydrogens is 182 g/mol. The molecule has 0 amide bonds. The van der Waals surface area contributed by atoms with Crippen LogP contribution >= 0.6 is 0 Å². The van der Waals surface area contributed by atoms with Gasteiger partial charge in [-0.3, -0.25) is 0 Å². The molecule has 1 aromatic rings. The highest BCUT2D eigenvalue weighted by Crippen LogP contribution is 2.08. The first-order valence-electron chi connectivity index (χ1n) is 4.77. The SMILES string of the molecule is CC(O)C(O)Cc1ncnn1C(C)C. The van der Waals surface area contributed by atoms with Crippen LogP contribution in [0.5, 0.6) is 0 Å². The second kappa shape index (κ2) is 4.52. The molecule has 0 bridgehead atoms. The Morgan fingerprint density at radius 1 is 1.36 bits per heavy atom. The van der Waals surface area contributed by atoms with E-state index in [1.54, 1.807) is 11.6 Å². The minimum Gasteiger partial charge on any atom is -0.391 e. The van der Waals surface area contributed by atoms with Gasteiger partial charge in [0.15, 0.2) is 0 Å². The molecular formula is C9H17N3O2. The van der Waals surface area contributed by atoms with Crippen LogP contribution < -0.4 is 0 Å². The summed E-state index contributed by atoms with van der Waals surface area (Å²) in [4.78, 5) is 4.04. The molecule has 1 aromatic heterocycles. The summed E-state index contributed by atoms with van der Waals surface area (Å²) in [5.74, 6) is 0.702. The molecule has 5 heteroatoms. The first-order chi connectivity index (χ1) is 6.52. The highest BCUT2D eigenvalue weighted by Gasteiger charge is 2.16. The van der Waals surface area contributed by atoms with Crippen LogP contribution in [0.4, 0.5) is 0 Å². The largest absolute Gasteiger partial charge is 0.391 e. The predicted molar refractivity (Wildman–Crippen MR) is 51.8 cm³/mol. The molecule has 2 N–H and O–H groups in total. The van der Waals surface area contributed by atoms with Crippen LogP contribution in [0.25, 0.3) is 0 Å². The summed E-state index contributed by atoms with van der Waals surface area (Å²) in [7, 11) is 0. The molecule has 0 aliphatic carbocycles. The van der Waals surface area contributed by atoms with E-state index in [0.717, 1.165) is 0 Å². The molecule has 0 fully saturated rings. The van der Waals surface area contributed by atoms with Crippen molar-refractivity contribution in [1.29, 1.82) is 0 Å². The summed E-state index contributed by atoms with van der Waals surface area (Å²) in [6.45, 7) is 5.54. The molecule has 14 heavy (non-hydrogen) atoms. The van der Waals surface area contributed by atoms with Crippen molar-refractivity contribution in [2.75, 3.05) is 0 Å². The lowest BCUT2D eigenvalue weighted by molar-refractivity contribution is 0.0299. The van der Waals surface area contributed by atoms with E-state index in [1.165, 1.54) is 6.33 Å². The van der Waals surface area contributed by atoms with E-state index < -0.39 is 12.2 Å². The van der Waals surface area contributed by atoms with Gasteiger partial charge in [-0.15, -0.1) is 0 Å². The fourth-order valence-corrected chi connectivity index (χ4v) is 1.21. The van der Waals surface area contributed by atoms with Gasteiger partial charge in [-0.1, -0.05) is 0 Å². The molecule has 0 spiro atoms.